The average Bonchev–Trinajstić information content (AvgIpc) is 2.42. The molecule has 0 radical (unpaired) electrons. The molecule has 0 aromatic heterocycles. The molecule has 0 aliphatic carbocycles. The summed E-state index contributed by atoms with van der Waals surface area (Å²) in [6.45, 7) is 4.53. The molecule has 0 aromatic carbocycles. The molecule has 1 rings (SSSR count). The van der Waals surface area contributed by atoms with Crippen LogP contribution in [0, 0.1) is 16.7 Å². The second-order valence-electron chi connectivity index (χ2n) is 4.13. The van der Waals surface area contributed by atoms with Crippen LogP contribution in [0.1, 0.15) is 20.3 Å². The molecule has 1 heterocycles. The first-order valence-electron chi connectivity index (χ1n) is 4.95. The first-order chi connectivity index (χ1) is 6.97. The van der Waals surface area contributed by atoms with Gasteiger partial charge in [0.25, 0.3) is 0 Å². The smallest absolute Gasteiger partial charge is 0.242 e. The van der Waals surface area contributed by atoms with Crippen LogP contribution in [0.25, 0.3) is 0 Å². The fourth-order valence-corrected chi connectivity index (χ4v) is 1.41. The van der Waals surface area contributed by atoms with Gasteiger partial charge < -0.3 is 10.2 Å². The van der Waals surface area contributed by atoms with E-state index in [4.69, 9.17) is 5.26 Å². The number of nitrogens with zero attached hydrogens (tertiary/aromatic N) is 2. The number of nitriles is 1. The van der Waals surface area contributed by atoms with Gasteiger partial charge >= 0.3 is 0 Å². The van der Waals surface area contributed by atoms with Crippen molar-refractivity contribution in [2.75, 3.05) is 19.6 Å². The fraction of sp³-hybridized carbons (Fsp3) is 0.700. The number of carbonyl (C=O) groups is 2. The van der Waals surface area contributed by atoms with Crippen LogP contribution in [0.5, 0.6) is 0 Å². The third-order valence-electron chi connectivity index (χ3n) is 2.41. The molecule has 15 heavy (non-hydrogen) atoms. The Morgan fingerprint density at radius 2 is 2.20 bits per heavy atom. The number of hydrogen-bond acceptors (Lipinski definition) is 3. The lowest BCUT2D eigenvalue weighted by Gasteiger charge is -2.25. The molecule has 2 amide bonds. The second kappa shape index (κ2) is 4.30. The van der Waals surface area contributed by atoms with Crippen molar-refractivity contribution in [3.05, 3.63) is 0 Å². The minimum atomic E-state index is -1.01. The molecule has 0 bridgehead atoms. The van der Waals surface area contributed by atoms with Crippen LogP contribution in [0.15, 0.2) is 0 Å². The van der Waals surface area contributed by atoms with Gasteiger partial charge in [-0.3, -0.25) is 9.59 Å². The second-order valence-corrected chi connectivity index (χ2v) is 4.13. The number of amides is 2. The summed E-state index contributed by atoms with van der Waals surface area (Å²) in [4.78, 5) is 24.5. The molecule has 0 spiro atoms. The lowest BCUT2D eigenvalue weighted by Crippen LogP contribution is -2.42. The molecule has 0 unspecified atom stereocenters. The van der Waals surface area contributed by atoms with E-state index in [0.717, 1.165) is 0 Å². The summed E-state index contributed by atoms with van der Waals surface area (Å²) < 4.78 is 0. The first-order valence-corrected chi connectivity index (χ1v) is 4.95. The minimum Gasteiger partial charge on any atom is -0.354 e. The molecule has 1 aliphatic heterocycles. The average molecular weight is 209 g/mol. The van der Waals surface area contributed by atoms with E-state index in [1.807, 2.05) is 6.07 Å². The molecule has 1 aliphatic rings. The fourth-order valence-electron chi connectivity index (χ4n) is 1.41. The maximum Gasteiger partial charge on any atom is 0.242 e. The molecule has 0 atom stereocenters. The zero-order valence-corrected chi connectivity index (χ0v) is 9.04. The van der Waals surface area contributed by atoms with Crippen molar-refractivity contribution in [2.24, 2.45) is 5.41 Å². The Bertz CT molecular complexity index is 317. The molecule has 0 saturated carbocycles. The minimum absolute atomic E-state index is 0.0416. The van der Waals surface area contributed by atoms with Crippen LogP contribution in [0.4, 0.5) is 0 Å². The summed E-state index contributed by atoms with van der Waals surface area (Å²) in [5.74, 6) is -0.249. The maximum absolute atomic E-state index is 11.9. The van der Waals surface area contributed by atoms with Gasteiger partial charge in [0.2, 0.25) is 11.8 Å². The highest BCUT2D eigenvalue weighted by Crippen LogP contribution is 2.17. The van der Waals surface area contributed by atoms with Crippen LogP contribution in [-0.2, 0) is 9.59 Å². The normalized spacial score (nSPS) is 17.7. The highest BCUT2D eigenvalue weighted by Gasteiger charge is 2.32. The van der Waals surface area contributed by atoms with E-state index in [1.54, 1.807) is 18.7 Å². The Labute approximate surface area is 89.0 Å². The molecule has 1 fully saturated rings. The van der Waals surface area contributed by atoms with Crippen molar-refractivity contribution < 1.29 is 9.59 Å². The Morgan fingerprint density at radius 1 is 1.53 bits per heavy atom. The van der Waals surface area contributed by atoms with E-state index in [0.29, 0.717) is 26.1 Å². The number of rotatable bonds is 1. The summed E-state index contributed by atoms with van der Waals surface area (Å²) >= 11 is 0. The van der Waals surface area contributed by atoms with Crippen molar-refractivity contribution in [2.45, 2.75) is 20.3 Å². The largest absolute Gasteiger partial charge is 0.354 e. The van der Waals surface area contributed by atoms with Gasteiger partial charge in [-0.05, 0) is 13.8 Å². The standard InChI is InChI=1S/C10H15N3O2/c1-10(2,7-11)9(15)13-5-3-8(14)12-4-6-13/h3-6H2,1-2H3,(H,12,14). The maximum atomic E-state index is 11.9. The van der Waals surface area contributed by atoms with E-state index in [-0.39, 0.29) is 11.8 Å². The van der Waals surface area contributed by atoms with Gasteiger partial charge in [0.05, 0.1) is 6.07 Å². The first kappa shape index (κ1) is 11.5. The van der Waals surface area contributed by atoms with E-state index < -0.39 is 5.41 Å². The van der Waals surface area contributed by atoms with Gasteiger partial charge in [-0.1, -0.05) is 0 Å². The van der Waals surface area contributed by atoms with Crippen molar-refractivity contribution in [1.82, 2.24) is 10.2 Å². The Balaban J connectivity index is 2.69. The van der Waals surface area contributed by atoms with Crippen LogP contribution in [0.2, 0.25) is 0 Å². The quantitative estimate of drug-likeness (QED) is 0.654. The highest BCUT2D eigenvalue weighted by atomic mass is 16.2. The van der Waals surface area contributed by atoms with Crippen LogP contribution in [-0.4, -0.2) is 36.3 Å². The number of carbonyl (C=O) groups excluding carboxylic acids is 2. The summed E-state index contributed by atoms with van der Waals surface area (Å²) in [6, 6.07) is 1.97. The topological polar surface area (TPSA) is 73.2 Å². The van der Waals surface area contributed by atoms with Gasteiger partial charge in [0.1, 0.15) is 5.41 Å². The SMILES string of the molecule is CC(C)(C#N)C(=O)N1CCNC(=O)CC1. The van der Waals surface area contributed by atoms with Crippen molar-refractivity contribution in [1.29, 1.82) is 5.26 Å². The molecule has 82 valence electrons. The molecule has 5 heteroatoms. The molecular formula is C10H15N3O2. The number of hydrogen-bond donors (Lipinski definition) is 1. The molecule has 1 saturated heterocycles. The third-order valence-corrected chi connectivity index (χ3v) is 2.41. The van der Waals surface area contributed by atoms with Crippen molar-refractivity contribution in [3.63, 3.8) is 0 Å². The predicted octanol–water partition coefficient (Wildman–Crippen LogP) is -0.115. The monoisotopic (exact) mass is 209 g/mol. The van der Waals surface area contributed by atoms with E-state index in [2.05, 4.69) is 5.32 Å². The summed E-state index contributed by atoms with van der Waals surface area (Å²) in [7, 11) is 0. The molecule has 1 N–H and O–H groups in total. The van der Waals surface area contributed by atoms with Crippen molar-refractivity contribution in [3.8, 4) is 6.07 Å². The van der Waals surface area contributed by atoms with Crippen LogP contribution >= 0.6 is 0 Å². The van der Waals surface area contributed by atoms with Crippen LogP contribution in [0.3, 0.4) is 0 Å². The van der Waals surface area contributed by atoms with E-state index >= 15 is 0 Å². The summed E-state index contributed by atoms with van der Waals surface area (Å²) in [5.41, 5.74) is -1.01. The van der Waals surface area contributed by atoms with E-state index in [9.17, 15) is 9.59 Å². The number of nitrogens with one attached hydrogen (secondary N) is 1. The summed E-state index contributed by atoms with van der Waals surface area (Å²) in [6.07, 6.45) is 0.313. The van der Waals surface area contributed by atoms with E-state index in [1.165, 1.54) is 0 Å². The van der Waals surface area contributed by atoms with Gasteiger partial charge in [-0.15, -0.1) is 0 Å². The highest BCUT2D eigenvalue weighted by molar-refractivity contribution is 5.85. The zero-order valence-electron chi connectivity index (χ0n) is 9.04. The molecular weight excluding hydrogens is 194 g/mol. The van der Waals surface area contributed by atoms with Gasteiger partial charge in [0, 0.05) is 26.1 Å². The Hall–Kier alpha value is -1.57. The van der Waals surface area contributed by atoms with Gasteiger partial charge in [0.15, 0.2) is 0 Å². The predicted molar refractivity (Wildman–Crippen MR) is 53.6 cm³/mol. The molecule has 0 aromatic rings. The zero-order chi connectivity index (χ0) is 11.5. The lowest BCUT2D eigenvalue weighted by molar-refractivity contribution is -0.137. The summed E-state index contributed by atoms with van der Waals surface area (Å²) in [5, 5.41) is 11.5. The van der Waals surface area contributed by atoms with Gasteiger partial charge in [-0.25, -0.2) is 0 Å². The Morgan fingerprint density at radius 3 is 2.80 bits per heavy atom. The van der Waals surface area contributed by atoms with Gasteiger partial charge in [-0.2, -0.15) is 5.26 Å². The van der Waals surface area contributed by atoms with Crippen LogP contribution < -0.4 is 5.32 Å². The van der Waals surface area contributed by atoms with Crippen molar-refractivity contribution >= 4 is 11.8 Å². The third kappa shape index (κ3) is 2.69. The Kier molecular flexibility index (Phi) is 3.30. The molecule has 5 nitrogen and oxygen atoms in total. The lowest BCUT2D eigenvalue weighted by atomic mass is 9.94.